The zero-order chi connectivity index (χ0) is 17.4. The summed E-state index contributed by atoms with van der Waals surface area (Å²) in [7, 11) is 0. The highest BCUT2D eigenvalue weighted by Gasteiger charge is 2.26. The summed E-state index contributed by atoms with van der Waals surface area (Å²) in [6, 6.07) is 2.23. The molecule has 0 radical (unpaired) electrons. The van der Waals surface area contributed by atoms with Crippen molar-refractivity contribution in [2.75, 3.05) is 6.54 Å². The fourth-order valence-electron chi connectivity index (χ4n) is 3.44. The zero-order valence-electron chi connectivity index (χ0n) is 13.9. The molecule has 3 aromatic rings. The number of carbonyl (C=O) groups is 1. The summed E-state index contributed by atoms with van der Waals surface area (Å²) in [6.07, 6.45) is 8.26. The third-order valence-electron chi connectivity index (χ3n) is 4.63. The van der Waals surface area contributed by atoms with E-state index in [1.165, 1.54) is 17.1 Å². The molecule has 1 aliphatic rings. The molecule has 1 N–H and O–H groups in total. The minimum atomic E-state index is -1.02. The van der Waals surface area contributed by atoms with Crippen molar-refractivity contribution >= 4 is 11.6 Å². The highest BCUT2D eigenvalue weighted by atomic mass is 16.5. The van der Waals surface area contributed by atoms with Gasteiger partial charge in [-0.05, 0) is 26.3 Å². The van der Waals surface area contributed by atoms with Crippen molar-refractivity contribution in [3.63, 3.8) is 0 Å². The smallest absolute Gasteiger partial charge is 0.341 e. The molecule has 8 heteroatoms. The van der Waals surface area contributed by atoms with Gasteiger partial charge < -0.3 is 9.63 Å². The number of carboxylic acid groups (broad SMARTS) is 1. The lowest BCUT2D eigenvalue weighted by atomic mass is 9.98. The highest BCUT2D eigenvalue weighted by molar-refractivity contribution is 5.93. The highest BCUT2D eigenvalue weighted by Crippen LogP contribution is 2.31. The van der Waals surface area contributed by atoms with Gasteiger partial charge in [0.15, 0.2) is 5.65 Å². The predicted molar refractivity (Wildman–Crippen MR) is 88.2 cm³/mol. The van der Waals surface area contributed by atoms with Crippen LogP contribution >= 0.6 is 0 Å². The molecule has 1 unspecified atom stereocenters. The quantitative estimate of drug-likeness (QED) is 0.778. The van der Waals surface area contributed by atoms with Crippen molar-refractivity contribution in [3.8, 4) is 0 Å². The molecule has 1 atom stereocenters. The topological polar surface area (TPSA) is 96.8 Å². The summed E-state index contributed by atoms with van der Waals surface area (Å²) >= 11 is 0. The van der Waals surface area contributed by atoms with Gasteiger partial charge in [-0.2, -0.15) is 5.10 Å². The Morgan fingerprint density at radius 1 is 1.40 bits per heavy atom. The van der Waals surface area contributed by atoms with Gasteiger partial charge in [-0.25, -0.2) is 14.3 Å². The van der Waals surface area contributed by atoms with Gasteiger partial charge in [0.25, 0.3) is 0 Å². The SMILES string of the molecule is Cc1cc(C2CCCCN2Cc2cnc3c(C(=O)O)cnn3c2)no1. The van der Waals surface area contributed by atoms with E-state index in [-0.39, 0.29) is 11.6 Å². The van der Waals surface area contributed by atoms with E-state index in [2.05, 4.69) is 20.1 Å². The van der Waals surface area contributed by atoms with Crippen LogP contribution in [0.4, 0.5) is 0 Å². The number of hydrogen-bond donors (Lipinski definition) is 1. The number of fused-ring (bicyclic) bond motifs is 1. The first-order valence-electron chi connectivity index (χ1n) is 8.34. The van der Waals surface area contributed by atoms with Crippen molar-refractivity contribution in [3.05, 3.63) is 47.2 Å². The fourth-order valence-corrected chi connectivity index (χ4v) is 3.44. The van der Waals surface area contributed by atoms with E-state index in [1.807, 2.05) is 19.2 Å². The van der Waals surface area contributed by atoms with Gasteiger partial charge in [-0.15, -0.1) is 0 Å². The second kappa shape index (κ2) is 6.29. The van der Waals surface area contributed by atoms with Gasteiger partial charge in [0, 0.05) is 30.6 Å². The lowest BCUT2D eigenvalue weighted by molar-refractivity contribution is 0.0698. The number of hydrogen-bond acceptors (Lipinski definition) is 6. The summed E-state index contributed by atoms with van der Waals surface area (Å²) in [5.41, 5.74) is 2.43. The monoisotopic (exact) mass is 341 g/mol. The average molecular weight is 341 g/mol. The van der Waals surface area contributed by atoms with Gasteiger partial charge in [0.2, 0.25) is 0 Å². The number of carboxylic acids is 1. The Kier molecular flexibility index (Phi) is 3.96. The lowest BCUT2D eigenvalue weighted by Gasteiger charge is -2.34. The van der Waals surface area contributed by atoms with Gasteiger partial charge in [0.05, 0.1) is 12.2 Å². The minimum Gasteiger partial charge on any atom is -0.477 e. The number of piperidine rings is 1. The van der Waals surface area contributed by atoms with Crippen LogP contribution < -0.4 is 0 Å². The molecule has 0 aromatic carbocycles. The maximum atomic E-state index is 11.2. The molecule has 0 saturated carbocycles. The Morgan fingerprint density at radius 3 is 3.04 bits per heavy atom. The molecule has 4 rings (SSSR count). The minimum absolute atomic E-state index is 0.112. The Labute approximate surface area is 144 Å². The molecule has 8 nitrogen and oxygen atoms in total. The summed E-state index contributed by atoms with van der Waals surface area (Å²) in [5.74, 6) is -0.200. The van der Waals surface area contributed by atoms with E-state index in [0.717, 1.165) is 36.4 Å². The van der Waals surface area contributed by atoms with E-state index >= 15 is 0 Å². The Bertz CT molecular complexity index is 916. The molecule has 1 fully saturated rings. The maximum absolute atomic E-state index is 11.2. The van der Waals surface area contributed by atoms with Crippen molar-refractivity contribution in [1.29, 1.82) is 0 Å². The van der Waals surface area contributed by atoms with Crippen LogP contribution in [0.25, 0.3) is 5.65 Å². The molecule has 3 aromatic heterocycles. The van der Waals surface area contributed by atoms with Crippen LogP contribution in [0.3, 0.4) is 0 Å². The average Bonchev–Trinajstić information content (AvgIpc) is 3.21. The van der Waals surface area contributed by atoms with E-state index < -0.39 is 5.97 Å². The summed E-state index contributed by atoms with van der Waals surface area (Å²) < 4.78 is 6.77. The van der Waals surface area contributed by atoms with Crippen molar-refractivity contribution in [2.45, 2.75) is 38.8 Å². The van der Waals surface area contributed by atoms with Crippen LogP contribution in [-0.2, 0) is 6.54 Å². The second-order valence-electron chi connectivity index (χ2n) is 6.44. The molecular formula is C17H19N5O3. The summed E-state index contributed by atoms with van der Waals surface area (Å²) in [4.78, 5) is 17.8. The first-order valence-corrected chi connectivity index (χ1v) is 8.34. The van der Waals surface area contributed by atoms with Crippen LogP contribution in [0.15, 0.2) is 29.2 Å². The summed E-state index contributed by atoms with van der Waals surface area (Å²) in [6.45, 7) is 3.59. The van der Waals surface area contributed by atoms with E-state index in [1.54, 1.807) is 6.20 Å². The van der Waals surface area contributed by atoms with Crippen LogP contribution in [-0.4, -0.2) is 42.3 Å². The number of aromatic carboxylic acids is 1. The molecule has 0 bridgehead atoms. The number of nitrogens with zero attached hydrogens (tertiary/aromatic N) is 5. The number of aryl methyl sites for hydroxylation is 1. The van der Waals surface area contributed by atoms with Crippen molar-refractivity contribution in [1.82, 2.24) is 24.7 Å². The molecule has 0 amide bonds. The van der Waals surface area contributed by atoms with Gasteiger partial charge in [-0.3, -0.25) is 4.90 Å². The molecule has 4 heterocycles. The Hall–Kier alpha value is -2.74. The molecule has 1 aliphatic heterocycles. The Balaban J connectivity index is 1.59. The maximum Gasteiger partial charge on any atom is 0.341 e. The van der Waals surface area contributed by atoms with Crippen molar-refractivity contribution in [2.24, 2.45) is 0 Å². The molecule has 1 saturated heterocycles. The molecular weight excluding hydrogens is 322 g/mol. The van der Waals surface area contributed by atoms with Crippen LogP contribution in [0.2, 0.25) is 0 Å². The Morgan fingerprint density at radius 2 is 2.28 bits per heavy atom. The van der Waals surface area contributed by atoms with Crippen LogP contribution in [0, 0.1) is 6.92 Å². The largest absolute Gasteiger partial charge is 0.477 e. The number of aromatic nitrogens is 4. The third-order valence-corrected chi connectivity index (χ3v) is 4.63. The predicted octanol–water partition coefficient (Wildman–Crippen LogP) is 2.45. The normalized spacial score (nSPS) is 18.7. The number of likely N-dealkylation sites (tertiary alicyclic amines) is 1. The fraction of sp³-hybridized carbons (Fsp3) is 0.412. The van der Waals surface area contributed by atoms with E-state index in [4.69, 9.17) is 9.63 Å². The van der Waals surface area contributed by atoms with E-state index in [0.29, 0.717) is 12.2 Å². The first kappa shape index (κ1) is 15.8. The standard InChI is InChI=1S/C17H19N5O3/c1-11-6-14(20-25-11)15-4-2-3-5-21(15)9-12-7-18-16-13(17(23)24)8-19-22(16)10-12/h6-8,10,15H,2-5,9H2,1H3,(H,23,24). The summed E-state index contributed by atoms with van der Waals surface area (Å²) in [5, 5.41) is 17.4. The molecule has 25 heavy (non-hydrogen) atoms. The van der Waals surface area contributed by atoms with Crippen LogP contribution in [0.5, 0.6) is 0 Å². The second-order valence-corrected chi connectivity index (χ2v) is 6.44. The van der Waals surface area contributed by atoms with Crippen molar-refractivity contribution < 1.29 is 14.4 Å². The van der Waals surface area contributed by atoms with Gasteiger partial charge >= 0.3 is 5.97 Å². The molecule has 130 valence electrons. The van der Waals surface area contributed by atoms with Crippen LogP contribution in [0.1, 0.15) is 52.7 Å². The lowest BCUT2D eigenvalue weighted by Crippen LogP contribution is -2.33. The van der Waals surface area contributed by atoms with E-state index in [9.17, 15) is 4.79 Å². The molecule has 0 aliphatic carbocycles. The first-order chi connectivity index (χ1) is 12.1. The zero-order valence-corrected chi connectivity index (χ0v) is 13.9. The third kappa shape index (κ3) is 3.00. The molecule has 0 spiro atoms. The number of rotatable bonds is 4. The van der Waals surface area contributed by atoms with Gasteiger partial charge in [0.1, 0.15) is 17.0 Å². The van der Waals surface area contributed by atoms with Gasteiger partial charge in [-0.1, -0.05) is 11.6 Å².